The molecule has 1 aliphatic heterocycles. The van der Waals surface area contributed by atoms with Crippen molar-refractivity contribution < 1.29 is 24.9 Å². The van der Waals surface area contributed by atoms with E-state index in [0.29, 0.717) is 0 Å². The maximum Gasteiger partial charge on any atom is 0.335 e. The van der Waals surface area contributed by atoms with Crippen LogP contribution in [0.4, 0.5) is 0 Å². The minimum atomic E-state index is -1.90. The van der Waals surface area contributed by atoms with Crippen molar-refractivity contribution in [3.63, 3.8) is 0 Å². The van der Waals surface area contributed by atoms with Crippen molar-refractivity contribution in [3.8, 4) is 0 Å². The molecule has 0 saturated carbocycles. The van der Waals surface area contributed by atoms with Gasteiger partial charge in [0.05, 0.1) is 9.67 Å². The Kier molecular flexibility index (Phi) is 4.27. The predicted molar refractivity (Wildman–Crippen MR) is 72.2 cm³/mol. The Morgan fingerprint density at radius 2 is 2.20 bits per heavy atom. The number of aromatic nitrogens is 2. The highest BCUT2D eigenvalue weighted by molar-refractivity contribution is 14.1. The Bertz CT molecular complexity index is 639. The van der Waals surface area contributed by atoms with E-state index in [-0.39, 0.29) is 9.99 Å². The molecule has 2 heterocycles. The van der Waals surface area contributed by atoms with Gasteiger partial charge in [-0.05, 0) is 22.6 Å². The number of aliphatic carboxylic acids is 1. The van der Waals surface area contributed by atoms with Gasteiger partial charge >= 0.3 is 11.7 Å². The maximum atomic E-state index is 11.7. The fraction of sp³-hybridized carbons (Fsp3) is 0.500. The van der Waals surface area contributed by atoms with Gasteiger partial charge in [0.25, 0.3) is 5.56 Å². The van der Waals surface area contributed by atoms with Crippen LogP contribution in [0.5, 0.6) is 0 Å². The number of aromatic amines is 1. The molecule has 110 valence electrons. The van der Waals surface area contributed by atoms with Gasteiger partial charge in [0.1, 0.15) is 12.3 Å². The van der Waals surface area contributed by atoms with Crippen LogP contribution in [0.2, 0.25) is 0 Å². The van der Waals surface area contributed by atoms with E-state index in [4.69, 9.17) is 9.84 Å². The van der Waals surface area contributed by atoms with Crippen LogP contribution in [0.3, 0.4) is 0 Å². The average Bonchev–Trinajstić information content (AvgIpc) is 2.74. The smallest absolute Gasteiger partial charge is 0.335 e. The standard InChI is InChI=1S/C10H11IN2O7/c11-3-2-13(10(19)12-8(3)16)5-1-4(14)7(20-5)6(15)9(17)18/h2,4-7,14-15H,1H2,(H,17,18)(H,12,16,19)/t4-,5+,6?,7-/m0/s1. The van der Waals surface area contributed by atoms with Crippen molar-refractivity contribution in [2.45, 2.75) is 31.0 Å². The van der Waals surface area contributed by atoms with Crippen molar-refractivity contribution >= 4 is 28.6 Å². The maximum absolute atomic E-state index is 11.7. The summed E-state index contributed by atoms with van der Waals surface area (Å²) in [5, 5.41) is 27.8. The number of hydrogen-bond acceptors (Lipinski definition) is 6. The predicted octanol–water partition coefficient (Wildman–Crippen LogP) is -1.76. The summed E-state index contributed by atoms with van der Waals surface area (Å²) in [5.74, 6) is -1.53. The SMILES string of the molecule is O=C(O)C(O)[C@H]1O[C@@H](n2cc(I)c(=O)[nH]c2=O)C[C@@H]1O. The summed E-state index contributed by atoms with van der Waals surface area (Å²) < 4.78 is 6.50. The van der Waals surface area contributed by atoms with E-state index in [2.05, 4.69) is 4.98 Å². The second-order valence-electron chi connectivity index (χ2n) is 4.29. The van der Waals surface area contributed by atoms with E-state index in [1.807, 2.05) is 0 Å². The molecule has 9 nitrogen and oxygen atoms in total. The number of carboxylic acids is 1. The molecule has 4 atom stereocenters. The Labute approximate surface area is 125 Å². The summed E-state index contributed by atoms with van der Waals surface area (Å²) in [6.45, 7) is 0. The molecule has 1 saturated heterocycles. The molecule has 2 rings (SSSR count). The summed E-state index contributed by atoms with van der Waals surface area (Å²) in [4.78, 5) is 35.7. The lowest BCUT2D eigenvalue weighted by Crippen LogP contribution is -2.40. The Morgan fingerprint density at radius 1 is 1.55 bits per heavy atom. The number of nitrogens with zero attached hydrogens (tertiary/aromatic N) is 1. The summed E-state index contributed by atoms with van der Waals surface area (Å²) in [5.41, 5.74) is -1.29. The number of carboxylic acid groups (broad SMARTS) is 1. The van der Waals surface area contributed by atoms with Gasteiger partial charge in [-0.3, -0.25) is 14.3 Å². The first-order valence-corrected chi connectivity index (χ1v) is 6.64. The van der Waals surface area contributed by atoms with Crippen LogP contribution >= 0.6 is 22.6 Å². The lowest BCUT2D eigenvalue weighted by atomic mass is 10.1. The zero-order chi connectivity index (χ0) is 15.0. The third kappa shape index (κ3) is 2.77. The quantitative estimate of drug-likeness (QED) is 0.442. The molecule has 0 aromatic carbocycles. The largest absolute Gasteiger partial charge is 0.479 e. The lowest BCUT2D eigenvalue weighted by molar-refractivity contribution is -0.160. The second-order valence-corrected chi connectivity index (χ2v) is 5.45. The Balaban J connectivity index is 2.29. The Hall–Kier alpha value is -1.24. The van der Waals surface area contributed by atoms with E-state index < -0.39 is 41.8 Å². The highest BCUT2D eigenvalue weighted by atomic mass is 127. The number of nitrogens with one attached hydrogen (secondary N) is 1. The van der Waals surface area contributed by atoms with Crippen LogP contribution in [0.25, 0.3) is 0 Å². The molecular formula is C10H11IN2O7. The number of ether oxygens (including phenoxy) is 1. The number of aliphatic hydroxyl groups is 2. The van der Waals surface area contributed by atoms with E-state index in [1.54, 1.807) is 22.6 Å². The lowest BCUT2D eigenvalue weighted by Gasteiger charge is -2.18. The van der Waals surface area contributed by atoms with Crippen LogP contribution in [-0.4, -0.2) is 49.2 Å². The fourth-order valence-corrected chi connectivity index (χ4v) is 2.38. The summed E-state index contributed by atoms with van der Waals surface area (Å²) in [6, 6.07) is 0. The number of aliphatic hydroxyl groups excluding tert-OH is 2. The number of rotatable bonds is 3. The normalized spacial score (nSPS) is 27.4. The zero-order valence-corrected chi connectivity index (χ0v) is 12.1. The highest BCUT2D eigenvalue weighted by Gasteiger charge is 2.42. The molecule has 10 heteroatoms. The third-order valence-corrected chi connectivity index (χ3v) is 3.70. The van der Waals surface area contributed by atoms with Crippen LogP contribution in [0.1, 0.15) is 12.6 Å². The molecule has 1 aliphatic rings. The molecular weight excluding hydrogens is 387 g/mol. The topological polar surface area (TPSA) is 142 Å². The highest BCUT2D eigenvalue weighted by Crippen LogP contribution is 2.29. The van der Waals surface area contributed by atoms with Gasteiger partial charge in [0, 0.05) is 12.6 Å². The van der Waals surface area contributed by atoms with E-state index in [9.17, 15) is 24.6 Å². The molecule has 1 unspecified atom stereocenters. The molecule has 4 N–H and O–H groups in total. The van der Waals surface area contributed by atoms with Gasteiger partial charge in [-0.25, -0.2) is 9.59 Å². The first-order valence-electron chi connectivity index (χ1n) is 5.56. The van der Waals surface area contributed by atoms with Crippen LogP contribution in [0.15, 0.2) is 15.8 Å². The molecule has 0 aliphatic carbocycles. The fourth-order valence-electron chi connectivity index (χ4n) is 1.95. The average molecular weight is 398 g/mol. The van der Waals surface area contributed by atoms with Gasteiger partial charge < -0.3 is 20.1 Å². The number of halogens is 1. The van der Waals surface area contributed by atoms with Crippen LogP contribution in [0, 0.1) is 3.57 Å². The molecule has 1 fully saturated rings. The molecule has 1 aromatic rings. The molecule has 1 aromatic heterocycles. The van der Waals surface area contributed by atoms with Gasteiger partial charge in [-0.15, -0.1) is 0 Å². The first-order chi connectivity index (χ1) is 9.31. The number of H-pyrrole nitrogens is 1. The monoisotopic (exact) mass is 398 g/mol. The second kappa shape index (κ2) is 5.63. The van der Waals surface area contributed by atoms with Crippen molar-refractivity contribution in [2.75, 3.05) is 0 Å². The minimum absolute atomic E-state index is 0.0724. The Morgan fingerprint density at radius 3 is 2.80 bits per heavy atom. The molecule has 0 spiro atoms. The minimum Gasteiger partial charge on any atom is -0.479 e. The number of hydrogen-bond donors (Lipinski definition) is 4. The number of carbonyl (C=O) groups is 1. The first kappa shape index (κ1) is 15.2. The van der Waals surface area contributed by atoms with Gasteiger partial charge in [-0.2, -0.15) is 0 Å². The third-order valence-electron chi connectivity index (χ3n) is 2.94. The van der Waals surface area contributed by atoms with Gasteiger partial charge in [-0.1, -0.05) is 0 Å². The van der Waals surface area contributed by atoms with Crippen molar-refractivity contribution in [2.24, 2.45) is 0 Å². The molecule has 20 heavy (non-hydrogen) atoms. The van der Waals surface area contributed by atoms with Crippen molar-refractivity contribution in [1.82, 2.24) is 9.55 Å². The summed E-state index contributed by atoms with van der Waals surface area (Å²) in [6.07, 6.45) is -4.25. The summed E-state index contributed by atoms with van der Waals surface area (Å²) in [7, 11) is 0. The van der Waals surface area contributed by atoms with Crippen LogP contribution in [-0.2, 0) is 9.53 Å². The van der Waals surface area contributed by atoms with E-state index in [1.165, 1.54) is 6.20 Å². The van der Waals surface area contributed by atoms with Crippen LogP contribution < -0.4 is 11.2 Å². The van der Waals surface area contributed by atoms with E-state index in [0.717, 1.165) is 4.57 Å². The van der Waals surface area contributed by atoms with Crippen molar-refractivity contribution in [3.05, 3.63) is 30.6 Å². The summed E-state index contributed by atoms with van der Waals surface area (Å²) >= 11 is 1.72. The molecule has 0 bridgehead atoms. The van der Waals surface area contributed by atoms with Gasteiger partial charge in [0.2, 0.25) is 0 Å². The van der Waals surface area contributed by atoms with Gasteiger partial charge in [0.15, 0.2) is 6.10 Å². The van der Waals surface area contributed by atoms with Crippen molar-refractivity contribution in [1.29, 1.82) is 0 Å². The zero-order valence-electron chi connectivity index (χ0n) is 9.89. The molecule has 0 radical (unpaired) electrons. The molecule has 0 amide bonds. The van der Waals surface area contributed by atoms with E-state index >= 15 is 0 Å².